The number of anilines is 2. The van der Waals surface area contributed by atoms with Crippen molar-refractivity contribution in [1.29, 1.82) is 0 Å². The molecule has 2 amide bonds. The van der Waals surface area contributed by atoms with E-state index in [1.54, 1.807) is 13.2 Å². The van der Waals surface area contributed by atoms with Crippen molar-refractivity contribution in [2.45, 2.75) is 45.6 Å². The maximum Gasteiger partial charge on any atom is 1.00 e. The van der Waals surface area contributed by atoms with E-state index < -0.39 is 16.2 Å². The molecule has 2 heterocycles. The van der Waals surface area contributed by atoms with Crippen molar-refractivity contribution in [1.82, 2.24) is 14.5 Å². The number of nitrogens with zero attached hydrogens (tertiary/aromatic N) is 3. The zero-order valence-corrected chi connectivity index (χ0v) is 21.7. The van der Waals surface area contributed by atoms with Crippen LogP contribution in [0, 0.1) is 5.82 Å². The number of urea groups is 1. The van der Waals surface area contributed by atoms with Gasteiger partial charge in [-0.05, 0) is 48.9 Å². The molecule has 3 rings (SSSR count). The Kier molecular flexibility index (Phi) is 9.53. The normalized spacial score (nSPS) is 14.5. The van der Waals surface area contributed by atoms with Gasteiger partial charge in [-0.25, -0.2) is 18.2 Å². The summed E-state index contributed by atoms with van der Waals surface area (Å²) in [4.78, 5) is 12.6. The standard InChI is InChI=1S/C20H28FN5O4S.Na.H/c1-4-14-10-16(11-15(5-2)19(14)21)23-20(27)24-31(28,29)26(17-6-8-30-9-7-17)18-12-22-25(3)13-18;;/h10-13,17H,4-9H2,1-3H3,(H2,23,24,27);;/q;+1;-1. The van der Waals surface area contributed by atoms with Crippen molar-refractivity contribution in [2.24, 2.45) is 7.05 Å². The van der Waals surface area contributed by atoms with Gasteiger partial charge in [0.2, 0.25) is 0 Å². The topological polar surface area (TPSA) is 106 Å². The third kappa shape index (κ3) is 6.22. The Morgan fingerprint density at radius 2 is 1.88 bits per heavy atom. The molecule has 2 aromatic rings. The molecule has 0 radical (unpaired) electrons. The summed E-state index contributed by atoms with van der Waals surface area (Å²) in [7, 11) is -2.55. The van der Waals surface area contributed by atoms with Gasteiger partial charge in [-0.1, -0.05) is 13.8 Å². The number of aromatic nitrogens is 2. The minimum Gasteiger partial charge on any atom is -1.00 e. The number of hydrogen-bond donors (Lipinski definition) is 2. The first-order valence-electron chi connectivity index (χ1n) is 10.3. The van der Waals surface area contributed by atoms with Crippen LogP contribution in [0.3, 0.4) is 0 Å². The number of ether oxygens (including phenoxy) is 1. The van der Waals surface area contributed by atoms with Crippen molar-refractivity contribution < 1.29 is 53.3 Å². The molecule has 1 fully saturated rings. The van der Waals surface area contributed by atoms with Crippen molar-refractivity contribution in [2.75, 3.05) is 22.8 Å². The molecular weight excluding hydrogens is 448 g/mol. The second-order valence-corrected chi connectivity index (χ2v) is 8.94. The summed E-state index contributed by atoms with van der Waals surface area (Å²) in [6.45, 7) is 4.48. The Morgan fingerprint density at radius 3 is 2.38 bits per heavy atom. The van der Waals surface area contributed by atoms with Crippen LogP contribution in [0.2, 0.25) is 0 Å². The fraction of sp³-hybridized carbons (Fsp3) is 0.500. The quantitative estimate of drug-likeness (QED) is 0.540. The predicted molar refractivity (Wildman–Crippen MR) is 117 cm³/mol. The number of hydrogen-bond acceptors (Lipinski definition) is 5. The number of nitrogens with one attached hydrogen (secondary N) is 2. The Morgan fingerprint density at radius 1 is 1.28 bits per heavy atom. The van der Waals surface area contributed by atoms with Gasteiger partial charge in [0.1, 0.15) is 5.82 Å². The molecule has 172 valence electrons. The first kappa shape index (κ1) is 26.6. The van der Waals surface area contributed by atoms with Gasteiger partial charge in [-0.15, -0.1) is 0 Å². The molecule has 1 aromatic heterocycles. The van der Waals surface area contributed by atoms with Gasteiger partial charge < -0.3 is 11.5 Å². The monoisotopic (exact) mass is 477 g/mol. The zero-order valence-electron chi connectivity index (χ0n) is 19.9. The number of carbonyl (C=O) groups excluding carboxylic acids is 1. The van der Waals surface area contributed by atoms with E-state index in [2.05, 4.69) is 15.1 Å². The van der Waals surface area contributed by atoms with E-state index in [1.807, 2.05) is 13.8 Å². The largest absolute Gasteiger partial charge is 1.00 e. The van der Waals surface area contributed by atoms with Gasteiger partial charge in [-0.3, -0.25) is 4.68 Å². The smallest absolute Gasteiger partial charge is 1.00 e. The van der Waals surface area contributed by atoms with Gasteiger partial charge in [0.15, 0.2) is 0 Å². The van der Waals surface area contributed by atoms with E-state index >= 15 is 0 Å². The molecule has 32 heavy (non-hydrogen) atoms. The molecule has 2 N–H and O–H groups in total. The van der Waals surface area contributed by atoms with Crippen molar-refractivity contribution in [3.63, 3.8) is 0 Å². The fourth-order valence-corrected chi connectivity index (χ4v) is 5.01. The second kappa shape index (κ2) is 11.5. The first-order valence-corrected chi connectivity index (χ1v) is 11.7. The SMILES string of the molecule is CCc1cc(NC(=O)NS(=O)(=O)N(c2cnn(C)c2)C2CCOCC2)cc(CC)c1F.[H-].[Na+]. The third-order valence-corrected chi connectivity index (χ3v) is 6.66. The first-order chi connectivity index (χ1) is 14.7. The van der Waals surface area contributed by atoms with Crippen LogP contribution in [-0.4, -0.2) is 43.5 Å². The number of benzene rings is 1. The molecule has 1 aliphatic heterocycles. The van der Waals surface area contributed by atoms with Crippen molar-refractivity contribution in [3.8, 4) is 0 Å². The van der Waals surface area contributed by atoms with Crippen LogP contribution in [0.5, 0.6) is 0 Å². The molecule has 1 aromatic carbocycles. The van der Waals surface area contributed by atoms with Gasteiger partial charge in [0, 0.05) is 32.1 Å². The van der Waals surface area contributed by atoms with E-state index in [4.69, 9.17) is 4.74 Å². The van der Waals surface area contributed by atoms with Gasteiger partial charge >= 0.3 is 45.8 Å². The van der Waals surface area contributed by atoms with Gasteiger partial charge in [0.05, 0.1) is 17.9 Å². The Bertz CT molecular complexity index is 1020. The maximum atomic E-state index is 14.3. The van der Waals surface area contributed by atoms with Gasteiger partial charge in [0.25, 0.3) is 0 Å². The number of aryl methyl sites for hydroxylation is 3. The van der Waals surface area contributed by atoms with Crippen molar-refractivity contribution in [3.05, 3.63) is 41.5 Å². The molecule has 1 saturated heterocycles. The summed E-state index contributed by atoms with van der Waals surface area (Å²) >= 11 is 0. The van der Waals surface area contributed by atoms with Crippen LogP contribution in [0.25, 0.3) is 0 Å². The van der Waals surface area contributed by atoms with E-state index in [9.17, 15) is 17.6 Å². The number of halogens is 1. The molecular formula is C20H29FN5NaO4S. The minimum atomic E-state index is -4.23. The van der Waals surface area contributed by atoms with E-state index in [0.29, 0.717) is 61.4 Å². The molecule has 0 unspecified atom stereocenters. The van der Waals surface area contributed by atoms with Crippen molar-refractivity contribution >= 4 is 27.6 Å². The molecule has 0 saturated carbocycles. The average molecular weight is 478 g/mol. The van der Waals surface area contributed by atoms with Crippen LogP contribution in [-0.2, 0) is 34.8 Å². The molecule has 1 aliphatic rings. The predicted octanol–water partition coefficient (Wildman–Crippen LogP) is -0.148. The molecule has 0 spiro atoms. The molecule has 9 nitrogen and oxygen atoms in total. The zero-order chi connectivity index (χ0) is 22.6. The third-order valence-electron chi connectivity index (χ3n) is 5.19. The number of rotatable bonds is 7. The fourth-order valence-electron chi connectivity index (χ4n) is 3.65. The van der Waals surface area contributed by atoms with E-state index in [-0.39, 0.29) is 42.8 Å². The Labute approximate surface area is 211 Å². The molecule has 0 aliphatic carbocycles. The second-order valence-electron chi connectivity index (χ2n) is 7.39. The van der Waals surface area contributed by atoms with Crippen LogP contribution < -0.4 is 43.9 Å². The number of carbonyl (C=O) groups is 1. The van der Waals surface area contributed by atoms with E-state index in [0.717, 1.165) is 0 Å². The Hall–Kier alpha value is -1.66. The minimum absolute atomic E-state index is 0. The van der Waals surface area contributed by atoms with Crippen LogP contribution in [0.15, 0.2) is 24.5 Å². The van der Waals surface area contributed by atoms with Crippen LogP contribution in [0.4, 0.5) is 20.6 Å². The average Bonchev–Trinajstić information content (AvgIpc) is 3.14. The molecule has 0 bridgehead atoms. The molecule has 0 atom stereocenters. The molecule has 12 heteroatoms. The summed E-state index contributed by atoms with van der Waals surface area (Å²) in [5.41, 5.74) is 1.60. The van der Waals surface area contributed by atoms with Crippen LogP contribution >= 0.6 is 0 Å². The summed E-state index contributed by atoms with van der Waals surface area (Å²) in [6.07, 6.45) is 4.91. The Balaban J connectivity index is 0.00000272. The summed E-state index contributed by atoms with van der Waals surface area (Å²) in [6, 6.07) is 1.74. The number of amides is 2. The summed E-state index contributed by atoms with van der Waals surface area (Å²) in [5, 5.41) is 6.58. The van der Waals surface area contributed by atoms with E-state index in [1.165, 1.54) is 27.3 Å². The van der Waals surface area contributed by atoms with Crippen LogP contribution in [0.1, 0.15) is 39.2 Å². The maximum absolute atomic E-state index is 14.3. The van der Waals surface area contributed by atoms with Gasteiger partial charge in [-0.2, -0.15) is 13.5 Å². The summed E-state index contributed by atoms with van der Waals surface area (Å²) in [5.74, 6) is -0.300. The summed E-state index contributed by atoms with van der Waals surface area (Å²) < 4.78 is 50.7.